The van der Waals surface area contributed by atoms with Gasteiger partial charge in [0.15, 0.2) is 5.28 Å². The first kappa shape index (κ1) is 16.4. The Balaban J connectivity index is 2.33. The average molecular weight is 319 g/mol. The molecule has 0 spiro atoms. The van der Waals surface area contributed by atoms with Crippen molar-refractivity contribution in [2.24, 2.45) is 5.73 Å². The van der Waals surface area contributed by atoms with E-state index < -0.39 is 18.6 Å². The SMILES string of the molecule is NC(Cc1ccccc1)(C(=O)O)P(=O)(O)Cc1ccccc1. The maximum absolute atomic E-state index is 12.7. The molecule has 116 valence electrons. The third-order valence-corrected chi connectivity index (χ3v) is 5.94. The lowest BCUT2D eigenvalue weighted by Crippen LogP contribution is -2.49. The molecule has 2 aromatic carbocycles. The summed E-state index contributed by atoms with van der Waals surface area (Å²) in [5.41, 5.74) is 7.07. The van der Waals surface area contributed by atoms with Crippen LogP contribution in [0.25, 0.3) is 0 Å². The van der Waals surface area contributed by atoms with Gasteiger partial charge in [0.2, 0.25) is 7.37 Å². The topological polar surface area (TPSA) is 101 Å². The first-order valence-corrected chi connectivity index (χ1v) is 8.62. The van der Waals surface area contributed by atoms with Crippen LogP contribution in [0.5, 0.6) is 0 Å². The predicted molar refractivity (Wildman–Crippen MR) is 84.7 cm³/mol. The summed E-state index contributed by atoms with van der Waals surface area (Å²) in [7, 11) is -4.18. The van der Waals surface area contributed by atoms with Crippen LogP contribution in [0.4, 0.5) is 0 Å². The molecule has 6 heteroatoms. The van der Waals surface area contributed by atoms with E-state index in [-0.39, 0.29) is 12.6 Å². The average Bonchev–Trinajstić information content (AvgIpc) is 2.48. The molecular weight excluding hydrogens is 301 g/mol. The Morgan fingerprint density at radius 3 is 1.91 bits per heavy atom. The van der Waals surface area contributed by atoms with Crippen molar-refractivity contribution in [3.8, 4) is 0 Å². The largest absolute Gasteiger partial charge is 0.479 e. The van der Waals surface area contributed by atoms with Crippen LogP contribution in [0.2, 0.25) is 0 Å². The summed E-state index contributed by atoms with van der Waals surface area (Å²) in [4.78, 5) is 22.0. The number of carboxylic acid groups (broad SMARTS) is 1. The summed E-state index contributed by atoms with van der Waals surface area (Å²) in [6.07, 6.45) is -0.479. The number of nitrogens with two attached hydrogens (primary N) is 1. The number of carboxylic acids is 1. The van der Waals surface area contributed by atoms with Gasteiger partial charge in [0.1, 0.15) is 0 Å². The van der Waals surface area contributed by atoms with E-state index >= 15 is 0 Å². The number of hydrogen-bond acceptors (Lipinski definition) is 3. The van der Waals surface area contributed by atoms with Gasteiger partial charge >= 0.3 is 5.97 Å². The van der Waals surface area contributed by atoms with Crippen molar-refractivity contribution < 1.29 is 19.4 Å². The first-order chi connectivity index (χ1) is 10.3. The molecule has 0 radical (unpaired) electrons. The van der Waals surface area contributed by atoms with Gasteiger partial charge in [-0.3, -0.25) is 4.57 Å². The third-order valence-electron chi connectivity index (χ3n) is 3.55. The molecule has 2 unspecified atom stereocenters. The zero-order valence-electron chi connectivity index (χ0n) is 11.9. The molecule has 0 fully saturated rings. The summed E-state index contributed by atoms with van der Waals surface area (Å²) in [5, 5.41) is 7.23. The molecule has 0 amide bonds. The molecule has 5 nitrogen and oxygen atoms in total. The minimum absolute atomic E-state index is 0.205. The van der Waals surface area contributed by atoms with E-state index in [0.29, 0.717) is 11.1 Å². The fourth-order valence-corrected chi connectivity index (χ4v) is 3.94. The highest BCUT2D eigenvalue weighted by atomic mass is 31.2. The van der Waals surface area contributed by atoms with Crippen molar-refractivity contribution in [2.75, 3.05) is 0 Å². The van der Waals surface area contributed by atoms with Crippen LogP contribution in [0.1, 0.15) is 11.1 Å². The molecule has 2 rings (SSSR count). The lowest BCUT2D eigenvalue weighted by atomic mass is 10.1. The van der Waals surface area contributed by atoms with Gasteiger partial charge in [0, 0.05) is 6.42 Å². The van der Waals surface area contributed by atoms with Gasteiger partial charge in [-0.25, -0.2) is 4.79 Å². The van der Waals surface area contributed by atoms with Gasteiger partial charge < -0.3 is 15.7 Å². The van der Waals surface area contributed by atoms with Crippen LogP contribution in [0, 0.1) is 0 Å². The second-order valence-electron chi connectivity index (χ2n) is 5.24. The monoisotopic (exact) mass is 319 g/mol. The van der Waals surface area contributed by atoms with Crippen molar-refractivity contribution in [3.05, 3.63) is 71.8 Å². The molecule has 0 aliphatic heterocycles. The molecule has 2 atom stereocenters. The molecule has 0 heterocycles. The van der Waals surface area contributed by atoms with E-state index in [2.05, 4.69) is 0 Å². The summed E-state index contributed by atoms with van der Waals surface area (Å²) in [5.74, 6) is -1.47. The molecule has 0 bridgehead atoms. The van der Waals surface area contributed by atoms with Gasteiger partial charge in [0.05, 0.1) is 6.16 Å². The lowest BCUT2D eigenvalue weighted by Gasteiger charge is -2.30. The van der Waals surface area contributed by atoms with Gasteiger partial charge in [0.25, 0.3) is 0 Å². The minimum atomic E-state index is -4.18. The standard InChI is InChI=1S/C16H18NO4P/c17-16(15(18)19,11-13-7-3-1-4-8-13)22(20,21)12-14-9-5-2-6-10-14/h1-10H,11-12,17H2,(H,18,19)(H,20,21). The van der Waals surface area contributed by atoms with Gasteiger partial charge in [-0.15, -0.1) is 0 Å². The van der Waals surface area contributed by atoms with Crippen LogP contribution in [-0.4, -0.2) is 21.2 Å². The number of benzene rings is 2. The quantitative estimate of drug-likeness (QED) is 0.710. The molecule has 0 saturated carbocycles. The third kappa shape index (κ3) is 3.45. The zero-order chi connectivity index (χ0) is 16.2. The molecular formula is C16H18NO4P. The van der Waals surface area contributed by atoms with Crippen molar-refractivity contribution in [1.29, 1.82) is 0 Å². The molecule has 0 saturated heterocycles. The van der Waals surface area contributed by atoms with E-state index in [4.69, 9.17) is 5.73 Å². The summed E-state index contributed by atoms with van der Waals surface area (Å²) in [6, 6.07) is 17.2. The maximum Gasteiger partial charge on any atom is 0.334 e. The van der Waals surface area contributed by atoms with Gasteiger partial charge in [-0.05, 0) is 11.1 Å². The van der Waals surface area contributed by atoms with Crippen LogP contribution < -0.4 is 5.73 Å². The van der Waals surface area contributed by atoms with E-state index in [0.717, 1.165) is 0 Å². The van der Waals surface area contributed by atoms with E-state index in [1.807, 2.05) is 0 Å². The Kier molecular flexibility index (Phi) is 4.81. The number of hydrogen-bond donors (Lipinski definition) is 3. The molecule has 0 aliphatic carbocycles. The molecule has 22 heavy (non-hydrogen) atoms. The Labute approximate surface area is 128 Å². The lowest BCUT2D eigenvalue weighted by molar-refractivity contribution is -0.140. The molecule has 0 aliphatic rings. The second kappa shape index (κ2) is 6.44. The zero-order valence-corrected chi connectivity index (χ0v) is 12.8. The van der Waals surface area contributed by atoms with Crippen LogP contribution in [0.15, 0.2) is 60.7 Å². The van der Waals surface area contributed by atoms with Crippen molar-refractivity contribution in [2.45, 2.75) is 17.9 Å². The second-order valence-corrected chi connectivity index (χ2v) is 7.75. The Morgan fingerprint density at radius 2 is 1.45 bits per heavy atom. The fourth-order valence-electron chi connectivity index (χ4n) is 2.23. The van der Waals surface area contributed by atoms with E-state index in [1.54, 1.807) is 60.7 Å². The highest BCUT2D eigenvalue weighted by molar-refractivity contribution is 7.60. The van der Waals surface area contributed by atoms with Gasteiger partial charge in [-0.1, -0.05) is 60.7 Å². The van der Waals surface area contributed by atoms with E-state index in [9.17, 15) is 19.4 Å². The Hall–Kier alpha value is -1.94. The van der Waals surface area contributed by atoms with Crippen LogP contribution in [0.3, 0.4) is 0 Å². The smallest absolute Gasteiger partial charge is 0.334 e. The number of rotatable bonds is 6. The normalized spacial score (nSPS) is 16.5. The summed E-state index contributed by atoms with van der Waals surface area (Å²) >= 11 is 0. The summed E-state index contributed by atoms with van der Waals surface area (Å²) < 4.78 is 12.7. The van der Waals surface area contributed by atoms with Crippen molar-refractivity contribution >= 4 is 13.3 Å². The highest BCUT2D eigenvalue weighted by Crippen LogP contribution is 2.55. The number of carbonyl (C=O) groups is 1. The Morgan fingerprint density at radius 1 is 1.00 bits per heavy atom. The Bertz CT molecular complexity index is 690. The predicted octanol–water partition coefficient (Wildman–Crippen LogP) is 2.44. The molecule has 4 N–H and O–H groups in total. The summed E-state index contributed by atoms with van der Waals surface area (Å²) in [6.45, 7) is 0. The van der Waals surface area contributed by atoms with Crippen LogP contribution >= 0.6 is 7.37 Å². The highest BCUT2D eigenvalue weighted by Gasteiger charge is 2.50. The fraction of sp³-hybridized carbons (Fsp3) is 0.188. The molecule has 0 aromatic heterocycles. The van der Waals surface area contributed by atoms with Gasteiger partial charge in [-0.2, -0.15) is 0 Å². The van der Waals surface area contributed by atoms with E-state index in [1.165, 1.54) is 0 Å². The van der Waals surface area contributed by atoms with Crippen molar-refractivity contribution in [1.82, 2.24) is 0 Å². The van der Waals surface area contributed by atoms with Crippen molar-refractivity contribution in [3.63, 3.8) is 0 Å². The molecule has 2 aromatic rings. The maximum atomic E-state index is 12.7. The minimum Gasteiger partial charge on any atom is -0.479 e. The van der Waals surface area contributed by atoms with Crippen LogP contribution in [-0.2, 0) is 21.9 Å². The number of aliphatic carboxylic acids is 1. The first-order valence-electron chi connectivity index (χ1n) is 6.77.